The largest absolute Gasteiger partial charge is 0.491 e. The Bertz CT molecular complexity index is 1290. The Morgan fingerprint density at radius 1 is 1.21 bits per heavy atom. The number of nitrogens with zero attached hydrogens (tertiary/aromatic N) is 6. The molecular weight excluding hydrogens is 432 g/mol. The first-order valence-corrected chi connectivity index (χ1v) is 11.8. The van der Waals surface area contributed by atoms with Crippen LogP contribution < -0.4 is 4.74 Å². The molecule has 4 aromatic rings. The Kier molecular flexibility index (Phi) is 6.30. The van der Waals surface area contributed by atoms with Crippen molar-refractivity contribution < 1.29 is 14.6 Å². The minimum absolute atomic E-state index is 0.0308. The van der Waals surface area contributed by atoms with Crippen LogP contribution in [0.5, 0.6) is 5.75 Å². The molecule has 0 aliphatic carbocycles. The van der Waals surface area contributed by atoms with Crippen LogP contribution in [-0.4, -0.2) is 54.0 Å². The third-order valence-electron chi connectivity index (χ3n) is 5.90. The van der Waals surface area contributed by atoms with E-state index in [-0.39, 0.29) is 18.9 Å². The maximum atomic E-state index is 9.25. The number of ether oxygens (including phenoxy) is 2. The SMILES string of the molecule is Cc1nn(CCO)cc1-c1ccnc(-c2nn(C3CCCCO3)c3ccc(OC(C)C)cc23)n1. The summed E-state index contributed by atoms with van der Waals surface area (Å²) in [6.45, 7) is 7.16. The Morgan fingerprint density at radius 3 is 2.85 bits per heavy atom. The molecule has 34 heavy (non-hydrogen) atoms. The lowest BCUT2D eigenvalue weighted by Gasteiger charge is -2.23. The summed E-state index contributed by atoms with van der Waals surface area (Å²) in [6, 6.07) is 7.89. The smallest absolute Gasteiger partial charge is 0.181 e. The molecule has 1 saturated heterocycles. The van der Waals surface area contributed by atoms with Gasteiger partial charge in [0, 0.05) is 30.0 Å². The van der Waals surface area contributed by atoms with E-state index in [1.165, 1.54) is 0 Å². The molecule has 5 rings (SSSR count). The van der Waals surface area contributed by atoms with Gasteiger partial charge in [0.2, 0.25) is 0 Å². The van der Waals surface area contributed by atoms with E-state index in [2.05, 4.69) is 10.1 Å². The molecule has 1 unspecified atom stereocenters. The van der Waals surface area contributed by atoms with Crippen LogP contribution in [0.4, 0.5) is 0 Å². The van der Waals surface area contributed by atoms with Gasteiger partial charge in [0.15, 0.2) is 12.1 Å². The van der Waals surface area contributed by atoms with Crippen molar-refractivity contribution in [3.8, 4) is 28.5 Å². The first-order chi connectivity index (χ1) is 16.5. The Hall–Kier alpha value is -3.30. The fraction of sp³-hybridized carbons (Fsp3) is 0.440. The maximum Gasteiger partial charge on any atom is 0.181 e. The maximum absolute atomic E-state index is 9.25. The molecular formula is C25H30N6O3. The summed E-state index contributed by atoms with van der Waals surface area (Å²) in [5.41, 5.74) is 4.18. The second-order valence-electron chi connectivity index (χ2n) is 8.84. The van der Waals surface area contributed by atoms with Crippen LogP contribution in [-0.2, 0) is 11.3 Å². The molecule has 178 valence electrons. The van der Waals surface area contributed by atoms with Crippen molar-refractivity contribution in [1.82, 2.24) is 29.5 Å². The van der Waals surface area contributed by atoms with Crippen LogP contribution in [0.2, 0.25) is 0 Å². The van der Waals surface area contributed by atoms with Crippen LogP contribution in [0, 0.1) is 6.92 Å². The predicted octanol–water partition coefficient (Wildman–Crippen LogP) is 4.14. The molecule has 0 radical (unpaired) electrons. The summed E-state index contributed by atoms with van der Waals surface area (Å²) in [7, 11) is 0. The van der Waals surface area contributed by atoms with Crippen molar-refractivity contribution in [3.63, 3.8) is 0 Å². The van der Waals surface area contributed by atoms with E-state index in [0.717, 1.165) is 59.5 Å². The molecule has 1 aliphatic heterocycles. The van der Waals surface area contributed by atoms with Gasteiger partial charge >= 0.3 is 0 Å². The summed E-state index contributed by atoms with van der Waals surface area (Å²) < 4.78 is 15.7. The second-order valence-corrected chi connectivity index (χ2v) is 8.84. The molecule has 0 amide bonds. The summed E-state index contributed by atoms with van der Waals surface area (Å²) in [6.07, 6.45) is 6.71. The molecule has 1 atom stereocenters. The van der Waals surface area contributed by atoms with Gasteiger partial charge in [-0.05, 0) is 64.3 Å². The Morgan fingerprint density at radius 2 is 2.09 bits per heavy atom. The molecule has 0 saturated carbocycles. The summed E-state index contributed by atoms with van der Waals surface area (Å²) in [5.74, 6) is 1.32. The molecule has 0 spiro atoms. The van der Waals surface area contributed by atoms with Crippen molar-refractivity contribution in [1.29, 1.82) is 0 Å². The zero-order chi connectivity index (χ0) is 23.7. The second kappa shape index (κ2) is 9.52. The average Bonchev–Trinajstić information content (AvgIpc) is 3.40. The minimum Gasteiger partial charge on any atom is -0.491 e. The molecule has 9 heteroatoms. The zero-order valence-corrected chi connectivity index (χ0v) is 19.8. The van der Waals surface area contributed by atoms with Gasteiger partial charge in [-0.3, -0.25) is 4.68 Å². The van der Waals surface area contributed by atoms with Crippen molar-refractivity contribution >= 4 is 10.9 Å². The number of aromatic nitrogens is 6. The highest BCUT2D eigenvalue weighted by Gasteiger charge is 2.23. The number of aliphatic hydroxyl groups excluding tert-OH is 1. The van der Waals surface area contributed by atoms with Crippen molar-refractivity contribution in [2.75, 3.05) is 13.2 Å². The van der Waals surface area contributed by atoms with Gasteiger partial charge in [0.05, 0.1) is 36.2 Å². The van der Waals surface area contributed by atoms with E-state index in [1.54, 1.807) is 10.9 Å². The normalized spacial score (nSPS) is 16.4. The number of rotatable bonds is 7. The number of aryl methyl sites for hydroxylation is 1. The number of aliphatic hydroxyl groups is 1. The van der Waals surface area contributed by atoms with E-state index >= 15 is 0 Å². The van der Waals surface area contributed by atoms with Gasteiger partial charge in [-0.1, -0.05) is 0 Å². The van der Waals surface area contributed by atoms with Crippen LogP contribution in [0.15, 0.2) is 36.7 Å². The van der Waals surface area contributed by atoms with E-state index in [9.17, 15) is 5.11 Å². The monoisotopic (exact) mass is 462 g/mol. The highest BCUT2D eigenvalue weighted by Crippen LogP contribution is 2.34. The summed E-state index contributed by atoms with van der Waals surface area (Å²) in [5, 5.41) is 19.6. The van der Waals surface area contributed by atoms with E-state index < -0.39 is 0 Å². The van der Waals surface area contributed by atoms with Crippen LogP contribution >= 0.6 is 0 Å². The third kappa shape index (κ3) is 4.41. The van der Waals surface area contributed by atoms with Gasteiger partial charge < -0.3 is 14.6 Å². The highest BCUT2D eigenvalue weighted by molar-refractivity contribution is 5.93. The number of hydrogen-bond donors (Lipinski definition) is 1. The molecule has 9 nitrogen and oxygen atoms in total. The predicted molar refractivity (Wildman–Crippen MR) is 128 cm³/mol. The first kappa shape index (κ1) is 22.5. The third-order valence-corrected chi connectivity index (χ3v) is 5.90. The molecule has 1 N–H and O–H groups in total. The fourth-order valence-corrected chi connectivity index (χ4v) is 4.38. The Labute approximate surface area is 198 Å². The quantitative estimate of drug-likeness (QED) is 0.440. The number of benzene rings is 1. The van der Waals surface area contributed by atoms with Crippen molar-refractivity contribution in [2.45, 2.75) is 58.9 Å². The van der Waals surface area contributed by atoms with Gasteiger partial charge in [-0.15, -0.1) is 0 Å². The molecule has 1 fully saturated rings. The zero-order valence-electron chi connectivity index (χ0n) is 19.8. The van der Waals surface area contributed by atoms with Gasteiger partial charge in [-0.25, -0.2) is 14.6 Å². The first-order valence-electron chi connectivity index (χ1n) is 11.8. The van der Waals surface area contributed by atoms with E-state index in [4.69, 9.17) is 19.6 Å². The number of fused-ring (bicyclic) bond motifs is 1. The minimum atomic E-state index is -0.107. The van der Waals surface area contributed by atoms with Crippen LogP contribution in [0.25, 0.3) is 33.7 Å². The fourth-order valence-electron chi connectivity index (χ4n) is 4.38. The lowest BCUT2D eigenvalue weighted by molar-refractivity contribution is -0.0365. The molecule has 3 aromatic heterocycles. The topological polar surface area (TPSA) is 100 Å². The molecule has 4 heterocycles. The number of hydrogen-bond acceptors (Lipinski definition) is 7. The summed E-state index contributed by atoms with van der Waals surface area (Å²) >= 11 is 0. The average molecular weight is 463 g/mol. The standard InChI is InChI=1S/C25H30N6O3/c1-16(2)34-18-7-8-22-19(14-18)24(29-31(22)23-6-4-5-13-33-23)25-26-10-9-21(27-25)20-15-30(11-12-32)28-17(20)3/h7-10,14-16,23,32H,4-6,11-13H2,1-3H3. The van der Waals surface area contributed by atoms with Gasteiger partial charge in [-0.2, -0.15) is 10.2 Å². The summed E-state index contributed by atoms with van der Waals surface area (Å²) in [4.78, 5) is 9.43. The lowest BCUT2D eigenvalue weighted by atomic mass is 10.1. The molecule has 0 bridgehead atoms. The van der Waals surface area contributed by atoms with Gasteiger partial charge in [0.25, 0.3) is 0 Å². The van der Waals surface area contributed by atoms with Crippen LogP contribution in [0.3, 0.4) is 0 Å². The Balaban J connectivity index is 1.61. The van der Waals surface area contributed by atoms with E-state index in [1.807, 2.05) is 55.9 Å². The highest BCUT2D eigenvalue weighted by atomic mass is 16.5. The van der Waals surface area contributed by atoms with Crippen molar-refractivity contribution in [2.24, 2.45) is 0 Å². The van der Waals surface area contributed by atoms with E-state index in [0.29, 0.717) is 18.1 Å². The lowest BCUT2D eigenvalue weighted by Crippen LogP contribution is -2.19. The molecule has 1 aromatic carbocycles. The van der Waals surface area contributed by atoms with Gasteiger partial charge in [0.1, 0.15) is 11.4 Å². The molecule has 1 aliphatic rings. The van der Waals surface area contributed by atoms with Crippen molar-refractivity contribution in [3.05, 3.63) is 42.4 Å². The van der Waals surface area contributed by atoms with Crippen LogP contribution in [0.1, 0.15) is 45.0 Å².